The maximum Gasteiger partial charge on any atom is 0.229 e. The van der Waals surface area contributed by atoms with Crippen molar-refractivity contribution in [1.82, 2.24) is 4.98 Å². The summed E-state index contributed by atoms with van der Waals surface area (Å²) in [5.74, 6) is 0.0426. The molecule has 0 radical (unpaired) electrons. The van der Waals surface area contributed by atoms with Crippen LogP contribution >= 0.6 is 11.3 Å². The Morgan fingerprint density at radius 1 is 1.37 bits per heavy atom. The highest BCUT2D eigenvalue weighted by molar-refractivity contribution is 7.07. The van der Waals surface area contributed by atoms with E-state index in [2.05, 4.69) is 4.98 Å². The van der Waals surface area contributed by atoms with E-state index in [0.717, 1.165) is 11.4 Å². The van der Waals surface area contributed by atoms with Gasteiger partial charge in [-0.3, -0.25) is 4.79 Å². The van der Waals surface area contributed by atoms with Gasteiger partial charge in [-0.1, -0.05) is 18.2 Å². The number of hydrogen-bond acceptors (Lipinski definition) is 4. The predicted octanol–water partition coefficient (Wildman–Crippen LogP) is 2.71. The van der Waals surface area contributed by atoms with Crippen LogP contribution in [0.15, 0.2) is 41.2 Å². The van der Waals surface area contributed by atoms with Crippen molar-refractivity contribution >= 4 is 22.9 Å². The Balaban J connectivity index is 2.15. The standard InChI is InChI=1S/C14H16N2O2S/c1-18-8-7-14(17)16(9-12-10-19-11-15-12)13-5-3-2-4-6-13/h2-6,10-11H,7-9H2,1H3. The van der Waals surface area contributed by atoms with Crippen molar-refractivity contribution in [1.29, 1.82) is 0 Å². The number of benzene rings is 1. The van der Waals surface area contributed by atoms with Gasteiger partial charge in [-0.25, -0.2) is 4.98 Å². The van der Waals surface area contributed by atoms with Gasteiger partial charge in [0.15, 0.2) is 0 Å². The zero-order chi connectivity index (χ0) is 13.5. The molecule has 100 valence electrons. The molecule has 2 rings (SSSR count). The Kier molecular flexibility index (Phi) is 5.06. The maximum atomic E-state index is 12.3. The Labute approximate surface area is 116 Å². The van der Waals surface area contributed by atoms with Crippen LogP contribution < -0.4 is 4.90 Å². The number of rotatable bonds is 6. The molecular formula is C14H16N2O2S. The normalized spacial score (nSPS) is 10.4. The zero-order valence-electron chi connectivity index (χ0n) is 10.8. The van der Waals surface area contributed by atoms with Crippen LogP contribution in [-0.2, 0) is 16.1 Å². The highest BCUT2D eigenvalue weighted by atomic mass is 32.1. The second-order valence-corrected chi connectivity index (χ2v) is 4.76. The predicted molar refractivity (Wildman–Crippen MR) is 76.2 cm³/mol. The molecule has 1 amide bonds. The van der Waals surface area contributed by atoms with E-state index in [-0.39, 0.29) is 5.91 Å². The van der Waals surface area contributed by atoms with E-state index >= 15 is 0 Å². The van der Waals surface area contributed by atoms with E-state index in [1.807, 2.05) is 35.7 Å². The third-order valence-electron chi connectivity index (χ3n) is 2.69. The molecule has 0 aliphatic rings. The molecule has 0 atom stereocenters. The lowest BCUT2D eigenvalue weighted by molar-refractivity contribution is -0.119. The van der Waals surface area contributed by atoms with Gasteiger partial charge >= 0.3 is 0 Å². The highest BCUT2D eigenvalue weighted by Crippen LogP contribution is 2.18. The number of ether oxygens (including phenoxy) is 1. The van der Waals surface area contributed by atoms with Crippen molar-refractivity contribution in [2.45, 2.75) is 13.0 Å². The van der Waals surface area contributed by atoms with Crippen LogP contribution in [0.25, 0.3) is 0 Å². The van der Waals surface area contributed by atoms with Gasteiger partial charge in [0.05, 0.1) is 30.8 Å². The zero-order valence-corrected chi connectivity index (χ0v) is 11.6. The van der Waals surface area contributed by atoms with Gasteiger partial charge in [-0.2, -0.15) is 0 Å². The molecule has 0 saturated carbocycles. The number of hydrogen-bond donors (Lipinski definition) is 0. The van der Waals surface area contributed by atoms with Gasteiger partial charge in [-0.15, -0.1) is 11.3 Å². The van der Waals surface area contributed by atoms with Gasteiger partial charge in [0, 0.05) is 18.2 Å². The van der Waals surface area contributed by atoms with Crippen molar-refractivity contribution in [2.24, 2.45) is 0 Å². The lowest BCUT2D eigenvalue weighted by Crippen LogP contribution is -2.31. The summed E-state index contributed by atoms with van der Waals surface area (Å²) in [6.07, 6.45) is 0.371. The molecule has 0 N–H and O–H groups in total. The van der Waals surface area contributed by atoms with Gasteiger partial charge in [0.1, 0.15) is 0 Å². The molecule has 0 aliphatic heterocycles. The summed E-state index contributed by atoms with van der Waals surface area (Å²) in [4.78, 5) is 18.2. The van der Waals surface area contributed by atoms with E-state index in [9.17, 15) is 4.79 Å². The van der Waals surface area contributed by atoms with E-state index in [1.54, 1.807) is 17.5 Å². The fraction of sp³-hybridized carbons (Fsp3) is 0.286. The molecule has 0 unspecified atom stereocenters. The first-order valence-electron chi connectivity index (χ1n) is 6.02. The quantitative estimate of drug-likeness (QED) is 0.814. The van der Waals surface area contributed by atoms with E-state index in [4.69, 9.17) is 4.74 Å². The van der Waals surface area contributed by atoms with Gasteiger partial charge in [0.25, 0.3) is 0 Å². The third-order valence-corrected chi connectivity index (χ3v) is 3.33. The minimum Gasteiger partial charge on any atom is -0.384 e. The summed E-state index contributed by atoms with van der Waals surface area (Å²) < 4.78 is 4.97. The van der Waals surface area contributed by atoms with Gasteiger partial charge in [0.2, 0.25) is 5.91 Å². The lowest BCUT2D eigenvalue weighted by atomic mass is 10.2. The molecule has 2 aromatic rings. The molecule has 1 aromatic carbocycles. The van der Waals surface area contributed by atoms with Crippen LogP contribution in [0.4, 0.5) is 5.69 Å². The molecule has 1 heterocycles. The van der Waals surface area contributed by atoms with Crippen molar-refractivity contribution in [3.05, 3.63) is 46.9 Å². The first-order valence-corrected chi connectivity index (χ1v) is 6.97. The molecule has 4 nitrogen and oxygen atoms in total. The number of carbonyl (C=O) groups is 1. The number of methoxy groups -OCH3 is 1. The smallest absolute Gasteiger partial charge is 0.229 e. The monoisotopic (exact) mass is 276 g/mol. The number of para-hydroxylation sites is 1. The summed E-state index contributed by atoms with van der Waals surface area (Å²) in [5, 5.41) is 1.96. The van der Waals surface area contributed by atoms with Crippen molar-refractivity contribution in [3.63, 3.8) is 0 Å². The number of thiazole rings is 1. The van der Waals surface area contributed by atoms with Gasteiger partial charge in [-0.05, 0) is 12.1 Å². The van der Waals surface area contributed by atoms with E-state index in [1.165, 1.54) is 11.3 Å². The second-order valence-electron chi connectivity index (χ2n) is 4.04. The van der Waals surface area contributed by atoms with E-state index in [0.29, 0.717) is 19.6 Å². The van der Waals surface area contributed by atoms with Crippen LogP contribution in [-0.4, -0.2) is 24.6 Å². The number of amides is 1. The van der Waals surface area contributed by atoms with E-state index < -0.39 is 0 Å². The van der Waals surface area contributed by atoms with Crippen LogP contribution in [0, 0.1) is 0 Å². The van der Waals surface area contributed by atoms with Crippen molar-refractivity contribution < 1.29 is 9.53 Å². The first kappa shape index (κ1) is 13.7. The Bertz CT molecular complexity index is 499. The fourth-order valence-corrected chi connectivity index (χ4v) is 2.28. The first-order chi connectivity index (χ1) is 9.31. The third kappa shape index (κ3) is 3.87. The number of carbonyl (C=O) groups excluding carboxylic acids is 1. The Morgan fingerprint density at radius 2 is 2.16 bits per heavy atom. The molecule has 0 bridgehead atoms. The van der Waals surface area contributed by atoms with Gasteiger partial charge < -0.3 is 9.64 Å². The maximum absolute atomic E-state index is 12.3. The van der Waals surface area contributed by atoms with Crippen LogP contribution in [0.2, 0.25) is 0 Å². The summed E-state index contributed by atoms with van der Waals surface area (Å²) in [7, 11) is 1.60. The molecule has 1 aromatic heterocycles. The molecule has 19 heavy (non-hydrogen) atoms. The summed E-state index contributed by atoms with van der Waals surface area (Å²) >= 11 is 1.53. The average molecular weight is 276 g/mol. The van der Waals surface area contributed by atoms with Crippen molar-refractivity contribution in [3.8, 4) is 0 Å². The Hall–Kier alpha value is -1.72. The second kappa shape index (κ2) is 7.01. The highest BCUT2D eigenvalue weighted by Gasteiger charge is 2.16. The largest absolute Gasteiger partial charge is 0.384 e. The molecular weight excluding hydrogens is 260 g/mol. The topological polar surface area (TPSA) is 42.4 Å². The summed E-state index contributed by atoms with van der Waals surface area (Å²) in [6, 6.07) is 9.64. The average Bonchev–Trinajstić information content (AvgIpc) is 2.96. The minimum atomic E-state index is 0.0426. The number of aromatic nitrogens is 1. The van der Waals surface area contributed by atoms with Crippen molar-refractivity contribution in [2.75, 3.05) is 18.6 Å². The summed E-state index contributed by atoms with van der Waals surface area (Å²) in [5.41, 5.74) is 3.56. The van der Waals surface area contributed by atoms with Crippen LogP contribution in [0.1, 0.15) is 12.1 Å². The lowest BCUT2D eigenvalue weighted by Gasteiger charge is -2.22. The fourth-order valence-electron chi connectivity index (χ4n) is 1.73. The minimum absolute atomic E-state index is 0.0426. The molecule has 0 fully saturated rings. The van der Waals surface area contributed by atoms with Crippen LogP contribution in [0.3, 0.4) is 0 Å². The molecule has 0 aliphatic carbocycles. The molecule has 0 spiro atoms. The number of anilines is 1. The molecule has 0 saturated heterocycles. The number of nitrogens with zero attached hydrogens (tertiary/aromatic N) is 2. The molecule has 5 heteroatoms. The SMILES string of the molecule is COCCC(=O)N(Cc1cscn1)c1ccccc1. The van der Waals surface area contributed by atoms with Crippen LogP contribution in [0.5, 0.6) is 0 Å². The summed E-state index contributed by atoms with van der Waals surface area (Å²) in [6.45, 7) is 0.926. The Morgan fingerprint density at radius 3 is 2.79 bits per heavy atom.